The molecule has 2 heterocycles. The molecule has 0 atom stereocenters. The van der Waals surface area contributed by atoms with Gasteiger partial charge in [0.2, 0.25) is 0 Å². The molecule has 0 saturated carbocycles. The van der Waals surface area contributed by atoms with E-state index in [9.17, 15) is 9.18 Å². The average Bonchev–Trinajstić information content (AvgIpc) is 3.05. The van der Waals surface area contributed by atoms with Gasteiger partial charge in [0.25, 0.3) is 11.6 Å². The summed E-state index contributed by atoms with van der Waals surface area (Å²) in [5.41, 5.74) is 2.53. The summed E-state index contributed by atoms with van der Waals surface area (Å²) in [6.07, 6.45) is 0.722. The molecular formula is C21H24FN3O3. The summed E-state index contributed by atoms with van der Waals surface area (Å²) in [5, 5.41) is 7.42. The third-order valence-corrected chi connectivity index (χ3v) is 4.20. The topological polar surface area (TPSA) is 77.2 Å². The maximum Gasteiger partial charge on any atom is 0.259 e. The molecule has 0 fully saturated rings. The van der Waals surface area contributed by atoms with Gasteiger partial charge in [0.15, 0.2) is 0 Å². The Bertz CT molecular complexity index is 951. The molecule has 6 nitrogen and oxygen atoms in total. The number of nitrogens with zero attached hydrogens (tertiary/aromatic N) is 2. The Morgan fingerprint density at radius 2 is 2.04 bits per heavy atom. The van der Waals surface area contributed by atoms with Gasteiger partial charge in [-0.1, -0.05) is 19.0 Å². The van der Waals surface area contributed by atoms with Crippen molar-refractivity contribution < 1.29 is 18.4 Å². The normalized spacial score (nSPS) is 11.3. The van der Waals surface area contributed by atoms with Crippen LogP contribution in [0.3, 0.4) is 0 Å². The molecule has 1 aromatic carbocycles. The van der Waals surface area contributed by atoms with Crippen molar-refractivity contribution in [3.63, 3.8) is 0 Å². The van der Waals surface area contributed by atoms with E-state index in [0.717, 1.165) is 6.42 Å². The summed E-state index contributed by atoms with van der Waals surface area (Å²) >= 11 is 0. The molecule has 3 rings (SSSR count). The summed E-state index contributed by atoms with van der Waals surface area (Å²) in [7, 11) is 0. The van der Waals surface area contributed by atoms with Crippen molar-refractivity contribution in [3.8, 4) is 11.3 Å². The zero-order chi connectivity index (χ0) is 20.1. The first-order valence-electron chi connectivity index (χ1n) is 9.34. The van der Waals surface area contributed by atoms with Gasteiger partial charge in [0, 0.05) is 25.3 Å². The third-order valence-electron chi connectivity index (χ3n) is 4.20. The average molecular weight is 385 g/mol. The van der Waals surface area contributed by atoms with Gasteiger partial charge in [0.1, 0.15) is 5.82 Å². The standard InChI is InChI=1S/C21H24FN3O3/c1-13(2)12-27-10-4-9-23-20(26)17-11-18(15-5-7-16(22)8-6-15)24-21-19(17)14(3)25-28-21/h5-8,11,13H,4,9-10,12H2,1-3H3,(H,23,26). The minimum Gasteiger partial charge on any atom is -0.381 e. The largest absolute Gasteiger partial charge is 0.381 e. The predicted octanol–water partition coefficient (Wildman–Crippen LogP) is 4.13. The molecule has 0 saturated heterocycles. The first-order valence-corrected chi connectivity index (χ1v) is 9.34. The first-order chi connectivity index (χ1) is 13.5. The highest BCUT2D eigenvalue weighted by Gasteiger charge is 2.19. The first kappa shape index (κ1) is 19.9. The summed E-state index contributed by atoms with van der Waals surface area (Å²) in [6.45, 7) is 7.75. The third kappa shape index (κ3) is 4.72. The molecule has 7 heteroatoms. The number of ether oxygens (including phenoxy) is 1. The highest BCUT2D eigenvalue weighted by atomic mass is 19.1. The molecule has 0 radical (unpaired) electrons. The van der Waals surface area contributed by atoms with Crippen molar-refractivity contribution in [2.24, 2.45) is 5.92 Å². The number of carbonyl (C=O) groups is 1. The van der Waals surface area contributed by atoms with E-state index in [1.54, 1.807) is 25.1 Å². The van der Waals surface area contributed by atoms with Gasteiger partial charge >= 0.3 is 0 Å². The Balaban J connectivity index is 1.78. The molecule has 28 heavy (non-hydrogen) atoms. The number of rotatable bonds is 8. The molecular weight excluding hydrogens is 361 g/mol. The van der Waals surface area contributed by atoms with Crippen LogP contribution < -0.4 is 5.32 Å². The van der Waals surface area contributed by atoms with Crippen molar-refractivity contribution in [1.29, 1.82) is 0 Å². The second-order valence-electron chi connectivity index (χ2n) is 7.09. The monoisotopic (exact) mass is 385 g/mol. The van der Waals surface area contributed by atoms with Crippen molar-refractivity contribution in [3.05, 3.63) is 47.4 Å². The van der Waals surface area contributed by atoms with Crippen LogP contribution in [-0.4, -0.2) is 35.8 Å². The van der Waals surface area contributed by atoms with Crippen LogP contribution in [0.2, 0.25) is 0 Å². The van der Waals surface area contributed by atoms with Crippen molar-refractivity contribution in [1.82, 2.24) is 15.5 Å². The van der Waals surface area contributed by atoms with E-state index in [2.05, 4.69) is 29.3 Å². The van der Waals surface area contributed by atoms with E-state index in [0.29, 0.717) is 53.6 Å². The van der Waals surface area contributed by atoms with Gasteiger partial charge in [-0.15, -0.1) is 0 Å². The van der Waals surface area contributed by atoms with Crippen molar-refractivity contribution in [2.75, 3.05) is 19.8 Å². The highest BCUT2D eigenvalue weighted by molar-refractivity contribution is 6.06. The smallest absolute Gasteiger partial charge is 0.259 e. The second-order valence-corrected chi connectivity index (χ2v) is 7.09. The molecule has 2 aromatic heterocycles. The summed E-state index contributed by atoms with van der Waals surface area (Å²) in [6, 6.07) is 7.61. The summed E-state index contributed by atoms with van der Waals surface area (Å²) in [4.78, 5) is 17.2. The van der Waals surface area contributed by atoms with Crippen LogP contribution in [0, 0.1) is 18.7 Å². The van der Waals surface area contributed by atoms with Crippen LogP contribution in [0.5, 0.6) is 0 Å². The molecule has 0 spiro atoms. The molecule has 1 N–H and O–H groups in total. The number of amides is 1. The number of fused-ring (bicyclic) bond motifs is 1. The fraction of sp³-hybridized carbons (Fsp3) is 0.381. The van der Waals surface area contributed by atoms with Gasteiger partial charge in [-0.3, -0.25) is 4.79 Å². The number of carbonyl (C=O) groups excluding carboxylic acids is 1. The van der Waals surface area contributed by atoms with Crippen molar-refractivity contribution >= 4 is 17.0 Å². The predicted molar refractivity (Wildman–Crippen MR) is 105 cm³/mol. The van der Waals surface area contributed by atoms with Crippen LogP contribution in [-0.2, 0) is 4.74 Å². The fourth-order valence-corrected chi connectivity index (χ4v) is 2.83. The molecule has 1 amide bonds. The minimum absolute atomic E-state index is 0.231. The number of benzene rings is 1. The van der Waals surface area contributed by atoms with Crippen LogP contribution in [0.15, 0.2) is 34.9 Å². The molecule has 0 aliphatic rings. The van der Waals surface area contributed by atoms with Gasteiger partial charge in [-0.05, 0) is 49.6 Å². The van der Waals surface area contributed by atoms with Gasteiger partial charge in [0.05, 0.1) is 22.3 Å². The van der Waals surface area contributed by atoms with E-state index >= 15 is 0 Å². The van der Waals surface area contributed by atoms with E-state index in [-0.39, 0.29) is 17.4 Å². The number of hydrogen-bond donors (Lipinski definition) is 1. The van der Waals surface area contributed by atoms with E-state index in [1.807, 2.05) is 0 Å². The van der Waals surface area contributed by atoms with E-state index < -0.39 is 0 Å². The lowest BCUT2D eigenvalue weighted by molar-refractivity contribution is 0.0926. The maximum atomic E-state index is 13.2. The maximum absolute atomic E-state index is 13.2. The number of halogens is 1. The molecule has 0 aliphatic carbocycles. The Kier molecular flexibility index (Phi) is 6.36. The zero-order valence-corrected chi connectivity index (χ0v) is 16.3. The van der Waals surface area contributed by atoms with Gasteiger partial charge in [-0.2, -0.15) is 0 Å². The second kappa shape index (κ2) is 8.93. The molecule has 0 unspecified atom stereocenters. The number of aromatic nitrogens is 2. The van der Waals surface area contributed by atoms with Crippen LogP contribution in [0.1, 0.15) is 36.3 Å². The fourth-order valence-electron chi connectivity index (χ4n) is 2.83. The Morgan fingerprint density at radius 3 is 2.75 bits per heavy atom. The zero-order valence-electron chi connectivity index (χ0n) is 16.3. The number of aryl methyl sites for hydroxylation is 1. The highest BCUT2D eigenvalue weighted by Crippen LogP contribution is 2.27. The van der Waals surface area contributed by atoms with Gasteiger partial charge < -0.3 is 14.6 Å². The molecule has 0 bridgehead atoms. The van der Waals surface area contributed by atoms with E-state index in [1.165, 1.54) is 12.1 Å². The minimum atomic E-state index is -0.335. The van der Waals surface area contributed by atoms with Crippen LogP contribution in [0.4, 0.5) is 4.39 Å². The molecule has 3 aromatic rings. The lowest BCUT2D eigenvalue weighted by Crippen LogP contribution is -2.26. The van der Waals surface area contributed by atoms with Crippen LogP contribution >= 0.6 is 0 Å². The molecule has 148 valence electrons. The van der Waals surface area contributed by atoms with Crippen molar-refractivity contribution in [2.45, 2.75) is 27.2 Å². The lowest BCUT2D eigenvalue weighted by atomic mass is 10.0. The number of hydrogen-bond acceptors (Lipinski definition) is 5. The van der Waals surface area contributed by atoms with E-state index in [4.69, 9.17) is 9.26 Å². The summed E-state index contributed by atoms with van der Waals surface area (Å²) in [5.74, 6) is -0.0787. The molecule has 0 aliphatic heterocycles. The Labute approximate surface area is 163 Å². The van der Waals surface area contributed by atoms with Crippen LogP contribution in [0.25, 0.3) is 22.4 Å². The van der Waals surface area contributed by atoms with Gasteiger partial charge in [-0.25, -0.2) is 9.37 Å². The summed E-state index contributed by atoms with van der Waals surface area (Å²) < 4.78 is 24.0. The Morgan fingerprint density at radius 1 is 1.29 bits per heavy atom. The number of nitrogens with one attached hydrogen (secondary N) is 1. The lowest BCUT2D eigenvalue weighted by Gasteiger charge is -2.09. The quantitative estimate of drug-likeness (QED) is 0.590. The SMILES string of the molecule is Cc1noc2nc(-c3ccc(F)cc3)cc(C(=O)NCCCOCC(C)C)c12. The number of pyridine rings is 1. The Hall–Kier alpha value is -2.80.